The van der Waals surface area contributed by atoms with Gasteiger partial charge in [-0.2, -0.15) is 0 Å². The molecular weight excluding hydrogens is 218 g/mol. The molecule has 0 saturated carbocycles. The van der Waals surface area contributed by atoms with E-state index in [1.54, 1.807) is 0 Å². The molecule has 1 saturated heterocycles. The van der Waals surface area contributed by atoms with Crippen molar-refractivity contribution in [1.29, 1.82) is 0 Å². The first-order chi connectivity index (χ1) is 8.17. The molecule has 100 valence electrons. The van der Waals surface area contributed by atoms with Gasteiger partial charge in [0.2, 0.25) is 0 Å². The Hall–Kier alpha value is -0.610. The van der Waals surface area contributed by atoms with Crippen LogP contribution in [0.3, 0.4) is 0 Å². The Morgan fingerprint density at radius 1 is 1.41 bits per heavy atom. The third-order valence-corrected chi connectivity index (χ3v) is 3.33. The number of carboxylic acid groups (broad SMARTS) is 1. The Morgan fingerprint density at radius 2 is 2.06 bits per heavy atom. The second kappa shape index (κ2) is 7.67. The molecule has 0 spiro atoms. The Bertz CT molecular complexity index is 227. The van der Waals surface area contributed by atoms with Gasteiger partial charge < -0.3 is 9.84 Å². The lowest BCUT2D eigenvalue weighted by Gasteiger charge is -2.38. The monoisotopic (exact) mass is 243 g/mol. The zero-order valence-corrected chi connectivity index (χ0v) is 11.0. The van der Waals surface area contributed by atoms with Crippen molar-refractivity contribution in [3.63, 3.8) is 0 Å². The second-order valence-electron chi connectivity index (χ2n) is 4.82. The van der Waals surface area contributed by atoms with E-state index in [1.165, 1.54) is 25.7 Å². The topological polar surface area (TPSA) is 49.8 Å². The first-order valence-electron chi connectivity index (χ1n) is 6.74. The van der Waals surface area contributed by atoms with Gasteiger partial charge in [-0.05, 0) is 12.8 Å². The molecule has 1 unspecified atom stereocenters. The van der Waals surface area contributed by atoms with Crippen LogP contribution in [0.2, 0.25) is 0 Å². The van der Waals surface area contributed by atoms with Crippen LogP contribution in [-0.2, 0) is 9.53 Å². The molecule has 1 N–H and O–H groups in total. The van der Waals surface area contributed by atoms with E-state index in [4.69, 9.17) is 9.84 Å². The smallest absolute Gasteiger partial charge is 0.306 e. The maximum Gasteiger partial charge on any atom is 0.306 e. The molecule has 0 aromatic carbocycles. The maximum absolute atomic E-state index is 10.7. The lowest BCUT2D eigenvalue weighted by Crippen LogP contribution is -2.48. The largest absolute Gasteiger partial charge is 0.481 e. The van der Waals surface area contributed by atoms with Gasteiger partial charge >= 0.3 is 5.97 Å². The van der Waals surface area contributed by atoms with Crippen LogP contribution in [0, 0.1) is 0 Å². The van der Waals surface area contributed by atoms with Crippen molar-refractivity contribution in [2.24, 2.45) is 0 Å². The highest BCUT2D eigenvalue weighted by atomic mass is 16.5. The van der Waals surface area contributed by atoms with Gasteiger partial charge in [0.25, 0.3) is 0 Å². The van der Waals surface area contributed by atoms with Gasteiger partial charge in [0.05, 0.1) is 19.1 Å². The standard InChI is InChI=1S/C13H25NO3/c1-3-5-11(6-4-2)14-7-8-17-12(10-14)9-13(15)16/h11-12H,3-10H2,1-2H3,(H,15,16). The Kier molecular flexibility index (Phi) is 6.52. The van der Waals surface area contributed by atoms with Gasteiger partial charge in [-0.15, -0.1) is 0 Å². The highest BCUT2D eigenvalue weighted by molar-refractivity contribution is 5.67. The molecule has 1 aliphatic rings. The summed E-state index contributed by atoms with van der Waals surface area (Å²) >= 11 is 0. The lowest BCUT2D eigenvalue weighted by atomic mass is 10.0. The molecule has 0 amide bonds. The summed E-state index contributed by atoms with van der Waals surface area (Å²) < 4.78 is 5.50. The Balaban J connectivity index is 2.47. The Labute approximate surface area is 104 Å². The highest BCUT2D eigenvalue weighted by Gasteiger charge is 2.26. The fourth-order valence-electron chi connectivity index (χ4n) is 2.57. The maximum atomic E-state index is 10.7. The zero-order chi connectivity index (χ0) is 12.7. The number of hydrogen-bond donors (Lipinski definition) is 1. The van der Waals surface area contributed by atoms with Crippen molar-refractivity contribution in [2.45, 2.75) is 58.1 Å². The molecule has 0 aromatic rings. The highest BCUT2D eigenvalue weighted by Crippen LogP contribution is 2.18. The molecule has 1 fully saturated rings. The van der Waals surface area contributed by atoms with Gasteiger partial charge in [-0.1, -0.05) is 26.7 Å². The molecule has 1 aliphatic heterocycles. The van der Waals surface area contributed by atoms with Crippen molar-refractivity contribution in [3.8, 4) is 0 Å². The number of ether oxygens (including phenoxy) is 1. The molecule has 4 nitrogen and oxygen atoms in total. The quantitative estimate of drug-likeness (QED) is 0.744. The zero-order valence-electron chi connectivity index (χ0n) is 11.0. The van der Waals surface area contributed by atoms with Crippen LogP contribution in [0.4, 0.5) is 0 Å². The number of hydrogen-bond acceptors (Lipinski definition) is 3. The van der Waals surface area contributed by atoms with Crippen LogP contribution < -0.4 is 0 Å². The summed E-state index contributed by atoms with van der Waals surface area (Å²) in [5.74, 6) is -0.764. The molecule has 1 rings (SSSR count). The predicted octanol–water partition coefficient (Wildman–Crippen LogP) is 2.13. The van der Waals surface area contributed by atoms with Crippen molar-refractivity contribution in [2.75, 3.05) is 19.7 Å². The minimum atomic E-state index is -0.764. The molecule has 4 heteroatoms. The number of carbonyl (C=O) groups is 1. The summed E-state index contributed by atoms with van der Waals surface area (Å²) in [6.07, 6.45) is 4.78. The van der Waals surface area contributed by atoms with Crippen LogP contribution in [0.25, 0.3) is 0 Å². The average molecular weight is 243 g/mol. The summed E-state index contributed by atoms with van der Waals surface area (Å²) in [6.45, 7) is 6.80. The third kappa shape index (κ3) is 5.04. The summed E-state index contributed by atoms with van der Waals surface area (Å²) in [7, 11) is 0. The van der Waals surface area contributed by atoms with E-state index in [9.17, 15) is 4.79 Å². The van der Waals surface area contributed by atoms with Gasteiger partial charge in [0.1, 0.15) is 0 Å². The molecule has 1 heterocycles. The molecule has 17 heavy (non-hydrogen) atoms. The van der Waals surface area contributed by atoms with Gasteiger partial charge in [0.15, 0.2) is 0 Å². The van der Waals surface area contributed by atoms with E-state index in [2.05, 4.69) is 18.7 Å². The van der Waals surface area contributed by atoms with Crippen LogP contribution in [0.1, 0.15) is 46.0 Å². The number of morpholine rings is 1. The van der Waals surface area contributed by atoms with Gasteiger partial charge in [0, 0.05) is 19.1 Å². The molecule has 0 aliphatic carbocycles. The van der Waals surface area contributed by atoms with Crippen molar-refractivity contribution >= 4 is 5.97 Å². The number of nitrogens with zero attached hydrogens (tertiary/aromatic N) is 1. The van der Waals surface area contributed by atoms with Crippen molar-refractivity contribution in [3.05, 3.63) is 0 Å². The number of carboxylic acids is 1. The first kappa shape index (κ1) is 14.5. The van der Waals surface area contributed by atoms with E-state index in [-0.39, 0.29) is 12.5 Å². The van der Waals surface area contributed by atoms with Crippen LogP contribution in [0.15, 0.2) is 0 Å². The molecule has 0 aromatic heterocycles. The van der Waals surface area contributed by atoms with Gasteiger partial charge in [-0.25, -0.2) is 0 Å². The fraction of sp³-hybridized carbons (Fsp3) is 0.923. The lowest BCUT2D eigenvalue weighted by molar-refractivity contribution is -0.142. The average Bonchev–Trinajstić information content (AvgIpc) is 2.28. The van der Waals surface area contributed by atoms with Crippen molar-refractivity contribution in [1.82, 2.24) is 4.90 Å². The van der Waals surface area contributed by atoms with Crippen molar-refractivity contribution < 1.29 is 14.6 Å². The summed E-state index contributed by atoms with van der Waals surface area (Å²) in [5, 5.41) is 8.80. The second-order valence-corrected chi connectivity index (χ2v) is 4.82. The number of rotatable bonds is 7. The summed E-state index contributed by atoms with van der Waals surface area (Å²) in [5.41, 5.74) is 0. The fourth-order valence-corrected chi connectivity index (χ4v) is 2.57. The van der Waals surface area contributed by atoms with E-state index in [0.717, 1.165) is 13.1 Å². The van der Waals surface area contributed by atoms with E-state index < -0.39 is 5.97 Å². The number of aliphatic carboxylic acids is 1. The van der Waals surface area contributed by atoms with Crippen LogP contribution in [0.5, 0.6) is 0 Å². The molecule has 0 radical (unpaired) electrons. The van der Waals surface area contributed by atoms with Crippen LogP contribution >= 0.6 is 0 Å². The van der Waals surface area contributed by atoms with Crippen LogP contribution in [-0.4, -0.2) is 47.8 Å². The Morgan fingerprint density at radius 3 is 2.59 bits per heavy atom. The molecule has 0 bridgehead atoms. The molecular formula is C13H25NO3. The minimum Gasteiger partial charge on any atom is -0.481 e. The van der Waals surface area contributed by atoms with E-state index in [0.29, 0.717) is 12.6 Å². The summed E-state index contributed by atoms with van der Waals surface area (Å²) in [4.78, 5) is 13.1. The predicted molar refractivity (Wildman–Crippen MR) is 67.2 cm³/mol. The third-order valence-electron chi connectivity index (χ3n) is 3.33. The summed E-state index contributed by atoms with van der Waals surface area (Å²) in [6, 6.07) is 0.602. The minimum absolute atomic E-state index is 0.126. The first-order valence-corrected chi connectivity index (χ1v) is 6.74. The normalized spacial score (nSPS) is 21.9. The van der Waals surface area contributed by atoms with E-state index in [1.807, 2.05) is 0 Å². The van der Waals surface area contributed by atoms with Gasteiger partial charge in [-0.3, -0.25) is 9.69 Å². The SMILES string of the molecule is CCCC(CCC)N1CCOC(CC(=O)O)C1. The van der Waals surface area contributed by atoms with E-state index >= 15 is 0 Å². The molecule has 1 atom stereocenters.